The highest BCUT2D eigenvalue weighted by atomic mass is 127. The highest BCUT2D eigenvalue weighted by molar-refractivity contribution is 14.1. The molecule has 3 atom stereocenters. The summed E-state index contributed by atoms with van der Waals surface area (Å²) in [7, 11) is 1.51. The quantitative estimate of drug-likeness (QED) is 0.289. The molecular weight excluding hydrogens is 603 g/mol. The van der Waals surface area contributed by atoms with Crippen molar-refractivity contribution in [3.05, 3.63) is 32.9 Å². The van der Waals surface area contributed by atoms with Crippen molar-refractivity contribution in [2.75, 3.05) is 20.3 Å². The molecular formula is C28H39IN2O7. The van der Waals surface area contributed by atoms with Crippen molar-refractivity contribution in [1.82, 2.24) is 10.2 Å². The molecule has 0 radical (unpaired) electrons. The van der Waals surface area contributed by atoms with E-state index in [2.05, 4.69) is 27.9 Å². The van der Waals surface area contributed by atoms with Crippen LogP contribution in [0.5, 0.6) is 11.5 Å². The second kappa shape index (κ2) is 13.5. The van der Waals surface area contributed by atoms with Gasteiger partial charge in [0.1, 0.15) is 12.2 Å². The van der Waals surface area contributed by atoms with Gasteiger partial charge >= 0.3 is 0 Å². The third-order valence-corrected chi connectivity index (χ3v) is 8.78. The maximum Gasteiger partial charge on any atom is 0.247 e. The number of nitrogens with zero attached hydrogens (tertiary/aromatic N) is 1. The second-order valence-electron chi connectivity index (χ2n) is 10.4. The van der Waals surface area contributed by atoms with E-state index < -0.39 is 18.2 Å². The van der Waals surface area contributed by atoms with Gasteiger partial charge in [0, 0.05) is 30.5 Å². The van der Waals surface area contributed by atoms with E-state index >= 15 is 0 Å². The molecule has 0 aromatic heterocycles. The topological polar surface area (TPSA) is 129 Å². The smallest absolute Gasteiger partial charge is 0.247 e. The maximum absolute atomic E-state index is 13.9. The molecule has 38 heavy (non-hydrogen) atoms. The van der Waals surface area contributed by atoms with Crippen LogP contribution in [0.15, 0.2) is 23.8 Å². The summed E-state index contributed by atoms with van der Waals surface area (Å²) in [6.45, 7) is -0.238. The summed E-state index contributed by atoms with van der Waals surface area (Å²) in [5.74, 6) is 0.488. The fourth-order valence-corrected chi connectivity index (χ4v) is 6.84. The third kappa shape index (κ3) is 6.46. The molecule has 4 N–H and O–H groups in total. The summed E-state index contributed by atoms with van der Waals surface area (Å²) >= 11 is 2.09. The summed E-state index contributed by atoms with van der Waals surface area (Å²) in [6, 6.07) is 2.87. The fourth-order valence-electron chi connectivity index (χ4n) is 6.04. The minimum atomic E-state index is -1.06. The maximum atomic E-state index is 13.9. The molecule has 2 fully saturated rings. The van der Waals surface area contributed by atoms with Crippen LogP contribution < -0.4 is 14.8 Å². The van der Waals surface area contributed by atoms with Crippen LogP contribution in [0.1, 0.15) is 63.4 Å². The molecule has 0 saturated heterocycles. The normalized spacial score (nSPS) is 24.2. The highest BCUT2D eigenvalue weighted by Gasteiger charge is 2.45. The van der Waals surface area contributed by atoms with E-state index in [1.165, 1.54) is 7.11 Å². The van der Waals surface area contributed by atoms with Gasteiger partial charge in [0.15, 0.2) is 11.5 Å². The molecule has 1 aromatic carbocycles. The first-order valence-corrected chi connectivity index (χ1v) is 14.7. The number of methoxy groups -OCH3 is 1. The summed E-state index contributed by atoms with van der Waals surface area (Å²) < 4.78 is 12.6. The van der Waals surface area contributed by atoms with Crippen molar-refractivity contribution in [3.8, 4) is 11.5 Å². The van der Waals surface area contributed by atoms with E-state index in [9.17, 15) is 24.9 Å². The Balaban J connectivity index is 1.70. The lowest BCUT2D eigenvalue weighted by molar-refractivity contribution is -0.146. The number of nitrogens with one attached hydrogen (secondary N) is 1. The number of aliphatic hydroxyl groups excluding tert-OH is 3. The summed E-state index contributed by atoms with van der Waals surface area (Å²) in [6.07, 6.45) is 7.49. The Bertz CT molecular complexity index is 1020. The van der Waals surface area contributed by atoms with Gasteiger partial charge in [-0.2, -0.15) is 0 Å². The molecule has 3 aliphatic rings. The van der Waals surface area contributed by atoms with E-state index in [0.717, 1.165) is 51.4 Å². The number of ether oxygens (including phenoxy) is 2. The molecule has 10 heteroatoms. The Morgan fingerprint density at radius 3 is 2.42 bits per heavy atom. The summed E-state index contributed by atoms with van der Waals surface area (Å²) in [5, 5.41) is 33.3. The summed E-state index contributed by atoms with van der Waals surface area (Å²) in [4.78, 5) is 28.9. The molecule has 3 aliphatic carbocycles. The van der Waals surface area contributed by atoms with Gasteiger partial charge in [-0.05, 0) is 72.0 Å². The minimum Gasteiger partial charge on any atom is -0.493 e. The van der Waals surface area contributed by atoms with Crippen molar-refractivity contribution in [1.29, 1.82) is 0 Å². The SMILES string of the molecule is COc1cc(CO)cc(I)c1O[C@H]1C=C(C(=O)NCCO)C[C@@H](N(C(=O)C2CCCC2)C2CCCC2)[C@@H]1O. The Hall–Kier alpha value is -1.89. The van der Waals surface area contributed by atoms with Gasteiger partial charge in [0.05, 0.1) is 29.9 Å². The molecule has 0 spiro atoms. The lowest BCUT2D eigenvalue weighted by Crippen LogP contribution is -2.58. The van der Waals surface area contributed by atoms with E-state index in [1.807, 2.05) is 4.90 Å². The largest absolute Gasteiger partial charge is 0.493 e. The molecule has 0 aliphatic heterocycles. The van der Waals surface area contributed by atoms with Gasteiger partial charge in [-0.25, -0.2) is 0 Å². The van der Waals surface area contributed by atoms with Crippen LogP contribution in [0.25, 0.3) is 0 Å². The van der Waals surface area contributed by atoms with E-state index in [0.29, 0.717) is 26.2 Å². The Labute approximate surface area is 237 Å². The number of carbonyl (C=O) groups is 2. The number of hydrogen-bond donors (Lipinski definition) is 4. The average molecular weight is 643 g/mol. The number of halogens is 1. The predicted octanol–water partition coefficient (Wildman–Crippen LogP) is 2.67. The van der Waals surface area contributed by atoms with Crippen molar-refractivity contribution in [3.63, 3.8) is 0 Å². The van der Waals surface area contributed by atoms with Crippen LogP contribution in [0.2, 0.25) is 0 Å². The van der Waals surface area contributed by atoms with Crippen LogP contribution in [0.3, 0.4) is 0 Å². The number of hydrogen-bond acceptors (Lipinski definition) is 7. The first kappa shape index (κ1) is 29.1. The molecule has 1 aromatic rings. The first-order chi connectivity index (χ1) is 18.4. The van der Waals surface area contributed by atoms with E-state index in [-0.39, 0.29) is 50.0 Å². The number of rotatable bonds is 10. The summed E-state index contributed by atoms with van der Waals surface area (Å²) in [5.41, 5.74) is 1.08. The standard InChI is InChI=1S/C28H39IN2O7/c1-37-24-13-17(16-33)12-21(29)26(24)38-23-15-19(27(35)30-10-11-32)14-22(25(23)34)31(20-8-4-5-9-20)28(36)18-6-2-3-7-18/h12-13,15,18,20,22-23,25,32-34H,2-11,14,16H2,1H3,(H,30,35)/t22-,23+,25+/m1/s1. The van der Waals surface area contributed by atoms with Gasteiger partial charge in [-0.1, -0.05) is 25.7 Å². The average Bonchev–Trinajstić information content (AvgIpc) is 3.65. The Morgan fingerprint density at radius 2 is 1.79 bits per heavy atom. The monoisotopic (exact) mass is 642 g/mol. The molecule has 210 valence electrons. The minimum absolute atomic E-state index is 0.0294. The van der Waals surface area contributed by atoms with Gasteiger partial charge in [0.25, 0.3) is 0 Å². The Morgan fingerprint density at radius 1 is 1.11 bits per heavy atom. The first-order valence-electron chi connectivity index (χ1n) is 13.6. The van der Waals surface area contributed by atoms with Crippen LogP contribution in [0.4, 0.5) is 0 Å². The Kier molecular flexibility index (Phi) is 10.3. The van der Waals surface area contributed by atoms with E-state index in [1.54, 1.807) is 18.2 Å². The van der Waals surface area contributed by atoms with E-state index in [4.69, 9.17) is 9.47 Å². The van der Waals surface area contributed by atoms with Crippen LogP contribution in [-0.4, -0.2) is 76.6 Å². The highest BCUT2D eigenvalue weighted by Crippen LogP contribution is 2.39. The lowest BCUT2D eigenvalue weighted by Gasteiger charge is -2.44. The number of amides is 2. The van der Waals surface area contributed by atoms with Gasteiger partial charge < -0.3 is 35.0 Å². The molecule has 0 unspecified atom stereocenters. The lowest BCUT2D eigenvalue weighted by atomic mass is 9.86. The number of carbonyl (C=O) groups excluding carboxylic acids is 2. The van der Waals surface area contributed by atoms with Gasteiger partial charge in [0.2, 0.25) is 11.8 Å². The molecule has 4 rings (SSSR count). The number of aliphatic hydroxyl groups is 3. The van der Waals surface area contributed by atoms with Crippen LogP contribution in [-0.2, 0) is 16.2 Å². The molecule has 2 amide bonds. The molecule has 0 heterocycles. The molecule has 2 saturated carbocycles. The zero-order valence-corrected chi connectivity index (χ0v) is 24.1. The van der Waals surface area contributed by atoms with Crippen molar-refractivity contribution in [2.24, 2.45) is 5.92 Å². The third-order valence-electron chi connectivity index (χ3n) is 7.97. The van der Waals surface area contributed by atoms with Crippen molar-refractivity contribution < 1.29 is 34.4 Å². The van der Waals surface area contributed by atoms with Crippen LogP contribution >= 0.6 is 22.6 Å². The number of benzene rings is 1. The second-order valence-corrected chi connectivity index (χ2v) is 11.6. The fraction of sp³-hybridized carbons (Fsp3) is 0.643. The van der Waals surface area contributed by atoms with Crippen LogP contribution in [0, 0.1) is 9.49 Å². The zero-order valence-electron chi connectivity index (χ0n) is 21.9. The molecule has 9 nitrogen and oxygen atoms in total. The van der Waals surface area contributed by atoms with Gasteiger partial charge in [-0.15, -0.1) is 0 Å². The van der Waals surface area contributed by atoms with Gasteiger partial charge in [-0.3, -0.25) is 9.59 Å². The zero-order chi connectivity index (χ0) is 27.2. The van der Waals surface area contributed by atoms with Crippen molar-refractivity contribution in [2.45, 2.75) is 88.7 Å². The van der Waals surface area contributed by atoms with Crippen molar-refractivity contribution >= 4 is 34.4 Å². The predicted molar refractivity (Wildman–Crippen MR) is 150 cm³/mol. The molecule has 0 bridgehead atoms.